The number of aromatic nitrogens is 2. The molecule has 3 aliphatic heterocycles. The Bertz CT molecular complexity index is 1830. The fourth-order valence-corrected chi connectivity index (χ4v) is 7.73. The van der Waals surface area contributed by atoms with E-state index in [-0.39, 0.29) is 41.0 Å². The molecular formula is C34H33ClF3N5O2. The van der Waals surface area contributed by atoms with Crippen LogP contribution in [0.15, 0.2) is 55.1 Å². The van der Waals surface area contributed by atoms with Crippen LogP contribution >= 0.6 is 11.6 Å². The van der Waals surface area contributed by atoms with Crippen LogP contribution in [0.1, 0.15) is 26.2 Å². The summed E-state index contributed by atoms with van der Waals surface area (Å²) in [6.45, 7) is 7.95. The van der Waals surface area contributed by atoms with Crippen LogP contribution in [0.25, 0.3) is 32.8 Å². The predicted molar refractivity (Wildman–Crippen MR) is 170 cm³/mol. The molecule has 3 atom stereocenters. The molecule has 3 aliphatic rings. The maximum Gasteiger partial charge on any atom is 0.319 e. The van der Waals surface area contributed by atoms with Crippen LogP contribution in [0, 0.1) is 11.6 Å². The number of fused-ring (bicyclic) bond motifs is 3. The minimum atomic E-state index is -0.937. The SMILES string of the molecule is C=CC(=O)N1CCN(c2nc(OC[C@@]34CCCN3C[C@H](F)C4)nc3c(F)c(-c4cccc5cccc(Cl)c45)c(F)cc23)[C@@H](C)C1. The van der Waals surface area contributed by atoms with Gasteiger partial charge in [0.1, 0.15) is 29.9 Å². The molecule has 4 heterocycles. The molecule has 1 amide bonds. The number of benzene rings is 3. The van der Waals surface area contributed by atoms with Gasteiger partial charge in [0.2, 0.25) is 5.91 Å². The molecule has 0 saturated carbocycles. The molecule has 0 aliphatic carbocycles. The zero-order valence-electron chi connectivity index (χ0n) is 24.9. The van der Waals surface area contributed by atoms with Crippen LogP contribution in [0.3, 0.4) is 0 Å². The summed E-state index contributed by atoms with van der Waals surface area (Å²) >= 11 is 6.54. The van der Waals surface area contributed by atoms with Crippen molar-refractivity contribution in [1.82, 2.24) is 19.8 Å². The number of piperazine rings is 1. The molecule has 7 nitrogen and oxygen atoms in total. The molecule has 3 fully saturated rings. The number of hydrogen-bond donors (Lipinski definition) is 0. The van der Waals surface area contributed by atoms with Crippen molar-refractivity contribution in [2.24, 2.45) is 0 Å². The minimum absolute atomic E-state index is 0.0646. The zero-order chi connectivity index (χ0) is 31.5. The first kappa shape index (κ1) is 29.8. The first-order chi connectivity index (χ1) is 21.7. The largest absolute Gasteiger partial charge is 0.461 e. The molecule has 0 bridgehead atoms. The summed E-state index contributed by atoms with van der Waals surface area (Å²) in [7, 11) is 0. The lowest BCUT2D eigenvalue weighted by atomic mass is 9.95. The third-order valence-electron chi connectivity index (χ3n) is 9.58. The van der Waals surface area contributed by atoms with E-state index in [4.69, 9.17) is 21.3 Å². The van der Waals surface area contributed by atoms with E-state index < -0.39 is 23.3 Å². The molecule has 234 valence electrons. The number of anilines is 1. The smallest absolute Gasteiger partial charge is 0.319 e. The number of rotatable bonds is 6. The van der Waals surface area contributed by atoms with Crippen LogP contribution in [0.2, 0.25) is 5.02 Å². The zero-order valence-corrected chi connectivity index (χ0v) is 25.7. The summed E-state index contributed by atoms with van der Waals surface area (Å²) in [4.78, 5) is 27.3. The van der Waals surface area contributed by atoms with Gasteiger partial charge < -0.3 is 14.5 Å². The van der Waals surface area contributed by atoms with Gasteiger partial charge in [0.05, 0.1) is 11.1 Å². The first-order valence-corrected chi connectivity index (χ1v) is 15.6. The Morgan fingerprint density at radius 3 is 2.73 bits per heavy atom. The van der Waals surface area contributed by atoms with Crippen LogP contribution in [-0.4, -0.2) is 82.8 Å². The molecule has 0 spiro atoms. The summed E-state index contributed by atoms with van der Waals surface area (Å²) in [6, 6.07) is 11.5. The normalized spacial score (nSPS) is 23.6. The highest BCUT2D eigenvalue weighted by Crippen LogP contribution is 2.42. The van der Waals surface area contributed by atoms with Crippen molar-refractivity contribution >= 4 is 45.0 Å². The van der Waals surface area contributed by atoms with E-state index in [1.165, 1.54) is 12.1 Å². The first-order valence-electron chi connectivity index (χ1n) is 15.3. The van der Waals surface area contributed by atoms with E-state index in [0.717, 1.165) is 24.8 Å². The average molecular weight is 636 g/mol. The van der Waals surface area contributed by atoms with Crippen molar-refractivity contribution in [1.29, 1.82) is 0 Å². The monoisotopic (exact) mass is 635 g/mol. The predicted octanol–water partition coefficient (Wildman–Crippen LogP) is 6.56. The van der Waals surface area contributed by atoms with E-state index in [1.807, 2.05) is 24.0 Å². The van der Waals surface area contributed by atoms with Crippen molar-refractivity contribution in [3.05, 3.63) is 71.8 Å². The van der Waals surface area contributed by atoms with E-state index in [2.05, 4.69) is 16.5 Å². The molecular weight excluding hydrogens is 603 g/mol. The summed E-state index contributed by atoms with van der Waals surface area (Å²) in [5.41, 5.74) is -0.498. The standard InChI is InChI=1S/C34H33ClF3N5O2/c1-3-27(44)41-13-14-43(20(2)17-41)32-24-15-26(37)29(23-9-4-7-21-8-5-10-25(35)28(21)23)30(38)31(24)39-33(40-32)45-19-34-11-6-12-42(34)18-22(36)16-34/h3-5,7-10,15,20,22H,1,6,11-14,16-19H2,2H3/t20-,22+,34-/m0/s1. The highest BCUT2D eigenvalue weighted by atomic mass is 35.5. The number of hydrogen-bond acceptors (Lipinski definition) is 6. The third-order valence-corrected chi connectivity index (χ3v) is 9.90. The van der Waals surface area contributed by atoms with Crippen LogP contribution in [0.5, 0.6) is 6.01 Å². The second-order valence-electron chi connectivity index (χ2n) is 12.3. The number of amides is 1. The van der Waals surface area contributed by atoms with Gasteiger partial charge in [-0.1, -0.05) is 48.5 Å². The van der Waals surface area contributed by atoms with Gasteiger partial charge in [-0.05, 0) is 55.5 Å². The van der Waals surface area contributed by atoms with Crippen LogP contribution in [0.4, 0.5) is 19.0 Å². The lowest BCUT2D eigenvalue weighted by molar-refractivity contribution is -0.126. The Kier molecular flexibility index (Phi) is 7.60. The molecule has 0 N–H and O–H groups in total. The molecule has 0 radical (unpaired) electrons. The number of nitrogens with zero attached hydrogens (tertiary/aromatic N) is 5. The fraction of sp³-hybridized carbons (Fsp3) is 0.382. The second kappa shape index (κ2) is 11.5. The van der Waals surface area contributed by atoms with Crippen molar-refractivity contribution in [2.75, 3.05) is 44.2 Å². The Balaban J connectivity index is 1.36. The molecule has 7 rings (SSSR count). The van der Waals surface area contributed by atoms with Crippen LogP contribution in [-0.2, 0) is 4.79 Å². The molecule has 0 unspecified atom stereocenters. The highest BCUT2D eigenvalue weighted by molar-refractivity contribution is 6.36. The molecule has 3 aromatic carbocycles. The Hall–Kier alpha value is -3.89. The molecule has 45 heavy (non-hydrogen) atoms. The van der Waals surface area contributed by atoms with Crippen LogP contribution < -0.4 is 9.64 Å². The fourth-order valence-electron chi connectivity index (χ4n) is 7.44. The summed E-state index contributed by atoms with van der Waals surface area (Å²) < 4.78 is 53.5. The Morgan fingerprint density at radius 2 is 1.96 bits per heavy atom. The average Bonchev–Trinajstić information content (AvgIpc) is 3.55. The van der Waals surface area contributed by atoms with Gasteiger partial charge in [-0.15, -0.1) is 0 Å². The van der Waals surface area contributed by atoms with E-state index in [0.29, 0.717) is 54.4 Å². The minimum Gasteiger partial charge on any atom is -0.461 e. The van der Waals surface area contributed by atoms with Crippen molar-refractivity contribution < 1.29 is 22.7 Å². The maximum absolute atomic E-state index is 16.8. The lowest BCUT2D eigenvalue weighted by Crippen LogP contribution is -2.53. The Morgan fingerprint density at radius 1 is 1.16 bits per heavy atom. The van der Waals surface area contributed by atoms with Gasteiger partial charge in [0.25, 0.3) is 0 Å². The maximum atomic E-state index is 16.8. The summed E-state index contributed by atoms with van der Waals surface area (Å²) in [5, 5.41) is 1.84. The van der Waals surface area contributed by atoms with E-state index >= 15 is 8.78 Å². The number of halogens is 4. The van der Waals surface area contributed by atoms with Crippen molar-refractivity contribution in [3.63, 3.8) is 0 Å². The lowest BCUT2D eigenvalue weighted by Gasteiger charge is -2.40. The van der Waals surface area contributed by atoms with Crippen molar-refractivity contribution in [3.8, 4) is 17.1 Å². The molecule has 11 heteroatoms. The van der Waals surface area contributed by atoms with E-state index in [9.17, 15) is 9.18 Å². The quantitative estimate of drug-likeness (QED) is 0.224. The highest BCUT2D eigenvalue weighted by Gasteiger charge is 2.49. The van der Waals surface area contributed by atoms with Gasteiger partial charge in [0.15, 0.2) is 5.82 Å². The van der Waals surface area contributed by atoms with Crippen molar-refractivity contribution in [2.45, 2.75) is 43.9 Å². The number of ether oxygens (including phenoxy) is 1. The number of carbonyl (C=O) groups is 1. The third kappa shape index (κ3) is 5.08. The van der Waals surface area contributed by atoms with Gasteiger partial charge in [0, 0.05) is 54.4 Å². The second-order valence-corrected chi connectivity index (χ2v) is 12.7. The number of carbonyl (C=O) groups excluding carboxylic acids is 1. The molecule has 4 aromatic rings. The topological polar surface area (TPSA) is 61.8 Å². The molecule has 1 aromatic heterocycles. The van der Waals surface area contributed by atoms with Gasteiger partial charge in [-0.2, -0.15) is 9.97 Å². The van der Waals surface area contributed by atoms with Gasteiger partial charge in [-0.3, -0.25) is 9.69 Å². The van der Waals surface area contributed by atoms with E-state index in [1.54, 1.807) is 29.2 Å². The Labute approximate surface area is 264 Å². The molecule has 3 saturated heterocycles. The van der Waals surface area contributed by atoms with Gasteiger partial charge in [-0.25, -0.2) is 13.2 Å². The summed E-state index contributed by atoms with van der Waals surface area (Å²) in [6.07, 6.45) is 2.42. The number of alkyl halides is 1. The van der Waals surface area contributed by atoms with Gasteiger partial charge >= 0.3 is 6.01 Å². The summed E-state index contributed by atoms with van der Waals surface area (Å²) in [5.74, 6) is -1.51.